The molecule has 0 N–H and O–H groups in total. The fourth-order valence-electron chi connectivity index (χ4n) is 9.27. The van der Waals surface area contributed by atoms with Crippen molar-refractivity contribution < 1.29 is 8.83 Å². The van der Waals surface area contributed by atoms with Gasteiger partial charge in [-0.15, -0.1) is 11.3 Å². The standard InChI is InChI=1S/C54H37NO2S/c1-4-19-49-43(14-1)47-32-37(24-28-51(47)56-49)35-10-7-12-40(30-35)55(39-26-22-34(23-27-39)42-17-9-18-46-45-16-3-6-21-53(45)58-54(42)46)41-13-8-11-36(31-41)38-25-29-52-48(33-38)44-15-2-5-20-50(44)57-52/h1-7,9-10,12-24,26-33,38H,8,11,25H2. The predicted octanol–water partition coefficient (Wildman–Crippen LogP) is 14.1. The fraction of sp³-hybridized carbons (Fsp3) is 0.0741. The van der Waals surface area contributed by atoms with E-state index >= 15 is 0 Å². The van der Waals surface area contributed by atoms with Crippen LogP contribution >= 0.6 is 11.3 Å². The van der Waals surface area contributed by atoms with Crippen molar-refractivity contribution in [3.63, 3.8) is 0 Å². The molecule has 58 heavy (non-hydrogen) atoms. The lowest BCUT2D eigenvalue weighted by atomic mass is 9.85. The largest absolute Gasteiger partial charge is 0.456 e. The van der Waals surface area contributed by atoms with E-state index in [1.165, 1.54) is 53.2 Å². The van der Waals surface area contributed by atoms with E-state index in [2.05, 4.69) is 169 Å². The van der Waals surface area contributed by atoms with Gasteiger partial charge in [0.25, 0.3) is 0 Å². The summed E-state index contributed by atoms with van der Waals surface area (Å²) in [6.45, 7) is 0. The Hall–Kier alpha value is -6.88. The molecule has 0 saturated carbocycles. The molecule has 0 saturated heterocycles. The Labute approximate surface area is 339 Å². The van der Waals surface area contributed by atoms with Gasteiger partial charge in [-0.3, -0.25) is 0 Å². The number of rotatable bonds is 6. The maximum atomic E-state index is 6.24. The lowest BCUT2D eigenvalue weighted by Gasteiger charge is -2.30. The summed E-state index contributed by atoms with van der Waals surface area (Å²) in [6.07, 6.45) is 12.6. The lowest BCUT2D eigenvalue weighted by Crippen LogP contribution is -2.27. The maximum absolute atomic E-state index is 6.24. The second kappa shape index (κ2) is 13.4. The molecule has 12 rings (SSSR count). The molecule has 7 aromatic carbocycles. The van der Waals surface area contributed by atoms with Crippen LogP contribution in [-0.4, -0.2) is 0 Å². The number of anilines is 2. The van der Waals surface area contributed by atoms with Crippen molar-refractivity contribution in [2.75, 3.05) is 4.90 Å². The van der Waals surface area contributed by atoms with Crippen molar-refractivity contribution in [3.8, 4) is 22.3 Å². The van der Waals surface area contributed by atoms with Gasteiger partial charge in [-0.1, -0.05) is 121 Å². The number of hydrogen-bond donors (Lipinski definition) is 0. The Morgan fingerprint density at radius 3 is 2.16 bits per heavy atom. The van der Waals surface area contributed by atoms with Crippen molar-refractivity contribution in [1.29, 1.82) is 0 Å². The molecule has 2 aliphatic carbocycles. The van der Waals surface area contributed by atoms with Crippen LogP contribution in [0.3, 0.4) is 0 Å². The van der Waals surface area contributed by atoms with Crippen LogP contribution in [0.2, 0.25) is 0 Å². The van der Waals surface area contributed by atoms with Gasteiger partial charge in [-0.25, -0.2) is 0 Å². The molecule has 0 radical (unpaired) electrons. The monoisotopic (exact) mass is 763 g/mol. The highest BCUT2D eigenvalue weighted by molar-refractivity contribution is 7.26. The van der Waals surface area contributed by atoms with Gasteiger partial charge in [0, 0.05) is 64.5 Å². The first-order chi connectivity index (χ1) is 28.7. The Morgan fingerprint density at radius 1 is 0.534 bits per heavy atom. The van der Waals surface area contributed by atoms with Gasteiger partial charge < -0.3 is 13.7 Å². The first kappa shape index (κ1) is 33.3. The van der Waals surface area contributed by atoms with Gasteiger partial charge in [0.1, 0.15) is 22.2 Å². The average molecular weight is 764 g/mol. The van der Waals surface area contributed by atoms with Gasteiger partial charge >= 0.3 is 0 Å². The molecule has 0 amide bonds. The molecule has 0 aliphatic heterocycles. The predicted molar refractivity (Wildman–Crippen MR) is 244 cm³/mol. The number of fused-ring (bicyclic) bond motifs is 9. The molecule has 0 bridgehead atoms. The molecule has 3 heterocycles. The zero-order chi connectivity index (χ0) is 38.2. The minimum Gasteiger partial charge on any atom is -0.456 e. The minimum absolute atomic E-state index is 0.311. The first-order valence-electron chi connectivity index (χ1n) is 20.1. The summed E-state index contributed by atoms with van der Waals surface area (Å²) in [5, 5.41) is 7.33. The van der Waals surface area contributed by atoms with E-state index in [4.69, 9.17) is 8.83 Å². The highest BCUT2D eigenvalue weighted by Crippen LogP contribution is 2.42. The van der Waals surface area contributed by atoms with Crippen molar-refractivity contribution in [3.05, 3.63) is 192 Å². The van der Waals surface area contributed by atoms with E-state index in [-0.39, 0.29) is 0 Å². The first-order valence-corrected chi connectivity index (χ1v) is 21.0. The van der Waals surface area contributed by atoms with Crippen LogP contribution in [0.5, 0.6) is 0 Å². The highest BCUT2D eigenvalue weighted by Gasteiger charge is 2.23. The van der Waals surface area contributed by atoms with Crippen LogP contribution < -0.4 is 15.5 Å². The van der Waals surface area contributed by atoms with Gasteiger partial charge in [-0.05, 0) is 108 Å². The van der Waals surface area contributed by atoms with Gasteiger partial charge in [0.2, 0.25) is 0 Å². The maximum Gasteiger partial charge on any atom is 0.135 e. The molecule has 0 spiro atoms. The molecular formula is C54H37NO2S. The van der Waals surface area contributed by atoms with Gasteiger partial charge in [0.05, 0.1) is 0 Å². The fourth-order valence-corrected chi connectivity index (χ4v) is 10.5. The molecule has 1 atom stereocenters. The summed E-state index contributed by atoms with van der Waals surface area (Å²) in [4.78, 5) is 2.45. The normalized spacial score (nSPS) is 15.3. The summed E-state index contributed by atoms with van der Waals surface area (Å²) in [5.41, 5.74) is 13.5. The quantitative estimate of drug-likeness (QED) is 0.169. The van der Waals surface area contributed by atoms with Crippen LogP contribution in [-0.2, 0) is 0 Å². The highest BCUT2D eigenvalue weighted by atomic mass is 32.1. The smallest absolute Gasteiger partial charge is 0.135 e. The van der Waals surface area contributed by atoms with E-state index in [0.29, 0.717) is 5.92 Å². The third kappa shape index (κ3) is 5.48. The Kier molecular flexibility index (Phi) is 7.67. The van der Waals surface area contributed by atoms with Crippen molar-refractivity contribution in [2.45, 2.75) is 19.3 Å². The third-order valence-electron chi connectivity index (χ3n) is 12.1. The summed E-state index contributed by atoms with van der Waals surface area (Å²) in [5.74, 6) is 0.311. The van der Waals surface area contributed by atoms with Crippen LogP contribution in [0.1, 0.15) is 19.3 Å². The van der Waals surface area contributed by atoms with Crippen LogP contribution in [0, 0.1) is 5.92 Å². The summed E-state index contributed by atoms with van der Waals surface area (Å²) < 4.78 is 15.1. The van der Waals surface area contributed by atoms with E-state index in [1.807, 2.05) is 29.5 Å². The average Bonchev–Trinajstić information content (AvgIpc) is 3.98. The Morgan fingerprint density at radius 2 is 1.26 bits per heavy atom. The molecular weight excluding hydrogens is 727 g/mol. The summed E-state index contributed by atoms with van der Waals surface area (Å²) in [6, 6.07) is 56.9. The van der Waals surface area contributed by atoms with E-state index < -0.39 is 0 Å². The van der Waals surface area contributed by atoms with E-state index in [0.717, 1.165) is 74.7 Å². The SMILES string of the molecule is C1=C(C2C=c3c(oc4ccccc34)=CC2)CCC=C1N(c1ccc(-c2cccc3c2sc2ccccc23)cc1)c1cccc(-c2ccc3oc4ccccc4c3c2)c1. The van der Waals surface area contributed by atoms with Gasteiger partial charge in [0.15, 0.2) is 0 Å². The zero-order valence-electron chi connectivity index (χ0n) is 31.7. The summed E-state index contributed by atoms with van der Waals surface area (Å²) in [7, 11) is 0. The van der Waals surface area contributed by atoms with Crippen LogP contribution in [0.15, 0.2) is 190 Å². The van der Waals surface area contributed by atoms with Crippen molar-refractivity contribution >= 4 is 87.9 Å². The number of allylic oxidation sites excluding steroid dienone is 3. The van der Waals surface area contributed by atoms with E-state index in [9.17, 15) is 0 Å². The second-order valence-electron chi connectivity index (χ2n) is 15.5. The van der Waals surface area contributed by atoms with Gasteiger partial charge in [-0.2, -0.15) is 0 Å². The summed E-state index contributed by atoms with van der Waals surface area (Å²) >= 11 is 1.88. The Balaban J connectivity index is 0.968. The molecule has 1 unspecified atom stereocenters. The number of hydrogen-bond acceptors (Lipinski definition) is 4. The van der Waals surface area contributed by atoms with E-state index in [1.54, 1.807) is 0 Å². The molecule has 3 nitrogen and oxygen atoms in total. The van der Waals surface area contributed by atoms with Crippen LogP contribution in [0.25, 0.3) is 87.5 Å². The number of benzene rings is 7. The molecule has 4 heteroatoms. The molecule has 3 aromatic heterocycles. The topological polar surface area (TPSA) is 29.5 Å². The minimum atomic E-state index is 0.311. The molecule has 10 aromatic rings. The lowest BCUT2D eigenvalue weighted by molar-refractivity contribution is 0.567. The number of nitrogens with zero attached hydrogens (tertiary/aromatic N) is 1. The zero-order valence-corrected chi connectivity index (χ0v) is 32.5. The van der Waals surface area contributed by atoms with Crippen molar-refractivity contribution in [2.24, 2.45) is 5.92 Å². The second-order valence-corrected chi connectivity index (χ2v) is 16.6. The molecule has 276 valence electrons. The number of para-hydroxylation sites is 2. The Bertz CT molecular complexity index is 3450. The van der Waals surface area contributed by atoms with Crippen LogP contribution in [0.4, 0.5) is 11.4 Å². The molecule has 2 aliphatic rings. The third-order valence-corrected chi connectivity index (χ3v) is 13.3. The van der Waals surface area contributed by atoms with Crippen molar-refractivity contribution in [1.82, 2.24) is 0 Å². The number of thiophene rings is 1. The molecule has 0 fully saturated rings. The number of furan rings is 2.